The van der Waals surface area contributed by atoms with E-state index in [1.54, 1.807) is 31.5 Å². The number of aromatic carboxylic acids is 1. The van der Waals surface area contributed by atoms with Crippen LogP contribution in [-0.2, 0) is 0 Å². The van der Waals surface area contributed by atoms with Crippen LogP contribution in [0.5, 0.6) is 0 Å². The lowest BCUT2D eigenvalue weighted by atomic mass is 10.0. The number of halogens is 1. The molecular formula is C13H13FNO2PS. The van der Waals surface area contributed by atoms with Crippen LogP contribution < -0.4 is 10.6 Å². The van der Waals surface area contributed by atoms with Gasteiger partial charge in [0, 0.05) is 28.9 Å². The molecule has 0 bridgehead atoms. The maximum absolute atomic E-state index is 14.3. The molecular weight excluding hydrogens is 284 g/mol. The molecule has 0 saturated heterocycles. The average Bonchev–Trinajstić information content (AvgIpc) is 2.80. The van der Waals surface area contributed by atoms with Crippen LogP contribution in [0.2, 0.25) is 0 Å². The van der Waals surface area contributed by atoms with E-state index in [0.717, 1.165) is 5.56 Å². The second-order valence-electron chi connectivity index (χ2n) is 4.07. The molecule has 1 aromatic carbocycles. The molecule has 2 rings (SSSR count). The average molecular weight is 297 g/mol. The summed E-state index contributed by atoms with van der Waals surface area (Å²) in [5.41, 5.74) is 1.64. The molecule has 100 valence electrons. The lowest BCUT2D eigenvalue weighted by Gasteiger charge is -2.08. The van der Waals surface area contributed by atoms with Crippen molar-refractivity contribution in [2.75, 3.05) is 12.4 Å². The van der Waals surface area contributed by atoms with Gasteiger partial charge in [-0.15, -0.1) is 20.6 Å². The highest BCUT2D eigenvalue weighted by Gasteiger charge is 2.21. The number of carboxylic acid groups (broad SMARTS) is 1. The fraction of sp³-hybridized carbons (Fsp3) is 0.154. The van der Waals surface area contributed by atoms with E-state index < -0.39 is 11.8 Å². The molecule has 6 heteroatoms. The predicted molar refractivity (Wildman–Crippen MR) is 80.3 cm³/mol. The monoisotopic (exact) mass is 297 g/mol. The van der Waals surface area contributed by atoms with Crippen LogP contribution in [0, 0.1) is 12.7 Å². The molecule has 19 heavy (non-hydrogen) atoms. The van der Waals surface area contributed by atoms with Gasteiger partial charge in [0.05, 0.1) is 0 Å². The van der Waals surface area contributed by atoms with Gasteiger partial charge in [-0.05, 0) is 12.5 Å². The van der Waals surface area contributed by atoms with Crippen molar-refractivity contribution in [1.29, 1.82) is 0 Å². The van der Waals surface area contributed by atoms with E-state index in [1.807, 2.05) is 0 Å². The van der Waals surface area contributed by atoms with E-state index in [-0.39, 0.29) is 5.56 Å². The Balaban J connectivity index is 2.70. The zero-order valence-corrected chi connectivity index (χ0v) is 12.4. The van der Waals surface area contributed by atoms with Crippen LogP contribution in [0.3, 0.4) is 0 Å². The molecule has 0 aliphatic carbocycles. The fourth-order valence-electron chi connectivity index (χ4n) is 1.85. The van der Waals surface area contributed by atoms with Crippen molar-refractivity contribution in [2.45, 2.75) is 6.92 Å². The maximum Gasteiger partial charge on any atom is 0.339 e. The number of carbonyl (C=O) groups is 1. The summed E-state index contributed by atoms with van der Waals surface area (Å²) in [4.78, 5) is 11.3. The molecule has 0 aliphatic heterocycles. The Morgan fingerprint density at radius 1 is 1.42 bits per heavy atom. The number of hydrogen-bond donors (Lipinski definition) is 2. The Labute approximate surface area is 116 Å². The molecule has 1 aromatic heterocycles. The summed E-state index contributed by atoms with van der Waals surface area (Å²) >= 11 is 1.25. The second-order valence-corrected chi connectivity index (χ2v) is 5.52. The van der Waals surface area contributed by atoms with Crippen LogP contribution in [0.4, 0.5) is 9.39 Å². The largest absolute Gasteiger partial charge is 0.478 e. The van der Waals surface area contributed by atoms with E-state index in [9.17, 15) is 14.3 Å². The molecule has 0 aliphatic rings. The zero-order valence-electron chi connectivity index (χ0n) is 10.5. The second kappa shape index (κ2) is 5.27. The summed E-state index contributed by atoms with van der Waals surface area (Å²) in [6.45, 7) is 1.81. The van der Waals surface area contributed by atoms with Gasteiger partial charge in [-0.3, -0.25) is 0 Å². The summed E-state index contributed by atoms with van der Waals surface area (Å²) in [7, 11) is 4.00. The smallest absolute Gasteiger partial charge is 0.339 e. The molecule has 1 unspecified atom stereocenters. The molecule has 2 N–H and O–H groups in total. The fourth-order valence-corrected chi connectivity index (χ4v) is 3.02. The van der Waals surface area contributed by atoms with Crippen LogP contribution in [0.1, 0.15) is 15.9 Å². The first-order chi connectivity index (χ1) is 8.97. The molecule has 2 aromatic rings. The van der Waals surface area contributed by atoms with Crippen molar-refractivity contribution in [2.24, 2.45) is 0 Å². The molecule has 0 fully saturated rings. The number of rotatable bonds is 3. The van der Waals surface area contributed by atoms with Gasteiger partial charge in [-0.2, -0.15) is 0 Å². The van der Waals surface area contributed by atoms with Gasteiger partial charge in [0.25, 0.3) is 0 Å². The van der Waals surface area contributed by atoms with Crippen molar-refractivity contribution >= 4 is 36.9 Å². The normalized spacial score (nSPS) is 10.5. The summed E-state index contributed by atoms with van der Waals surface area (Å²) < 4.78 is 14.3. The standard InChI is InChI=1S/C13H13FNO2PS/c1-6-3-4-7(10(14)11(6)18)8-5-19-12(15-2)9(8)13(16)17/h3-5,15H,18H2,1-2H3,(H,16,17). The first kappa shape index (κ1) is 14.0. The Bertz CT molecular complexity index is 654. The highest BCUT2D eigenvalue weighted by Crippen LogP contribution is 2.36. The minimum atomic E-state index is -1.06. The quantitative estimate of drug-likeness (QED) is 0.856. The van der Waals surface area contributed by atoms with Gasteiger partial charge < -0.3 is 10.4 Å². The minimum absolute atomic E-state index is 0.111. The van der Waals surface area contributed by atoms with Crippen molar-refractivity contribution in [3.8, 4) is 11.1 Å². The molecule has 3 nitrogen and oxygen atoms in total. The molecule has 0 amide bonds. The lowest BCUT2D eigenvalue weighted by Crippen LogP contribution is -2.07. The number of benzene rings is 1. The van der Waals surface area contributed by atoms with Crippen molar-refractivity contribution in [1.82, 2.24) is 0 Å². The van der Waals surface area contributed by atoms with Crippen molar-refractivity contribution < 1.29 is 14.3 Å². The number of hydrogen-bond acceptors (Lipinski definition) is 3. The summed E-state index contributed by atoms with van der Waals surface area (Å²) in [5, 5.41) is 14.7. The van der Waals surface area contributed by atoms with E-state index in [4.69, 9.17) is 0 Å². The summed E-state index contributed by atoms with van der Waals surface area (Å²) in [5.74, 6) is -1.46. The molecule has 0 radical (unpaired) electrons. The SMILES string of the molecule is CNc1scc(-c2ccc(C)c(P)c2F)c1C(=O)O. The minimum Gasteiger partial charge on any atom is -0.478 e. The number of aryl methyl sites for hydroxylation is 1. The predicted octanol–water partition coefficient (Wildman–Crippen LogP) is 3.10. The van der Waals surface area contributed by atoms with E-state index in [0.29, 0.717) is 21.4 Å². The van der Waals surface area contributed by atoms with Crippen molar-refractivity contribution in [3.05, 3.63) is 34.5 Å². The van der Waals surface area contributed by atoms with Gasteiger partial charge >= 0.3 is 5.97 Å². The first-order valence-corrected chi connectivity index (χ1v) is 7.00. The zero-order chi connectivity index (χ0) is 14.2. The number of anilines is 1. The van der Waals surface area contributed by atoms with Gasteiger partial charge in [-0.1, -0.05) is 12.1 Å². The molecule has 1 heterocycles. The Morgan fingerprint density at radius 2 is 2.11 bits per heavy atom. The topological polar surface area (TPSA) is 49.3 Å². The van der Waals surface area contributed by atoms with Gasteiger partial charge in [-0.25, -0.2) is 9.18 Å². The Morgan fingerprint density at radius 3 is 2.68 bits per heavy atom. The third-order valence-corrected chi connectivity index (χ3v) is 4.63. The highest BCUT2D eigenvalue weighted by atomic mass is 32.1. The Hall–Kier alpha value is -1.45. The Kier molecular flexibility index (Phi) is 3.88. The van der Waals surface area contributed by atoms with E-state index in [2.05, 4.69) is 14.6 Å². The molecule has 1 atom stereocenters. The third-order valence-electron chi connectivity index (χ3n) is 2.92. The van der Waals surface area contributed by atoms with Crippen molar-refractivity contribution in [3.63, 3.8) is 0 Å². The summed E-state index contributed by atoms with van der Waals surface area (Å²) in [6.07, 6.45) is 0. The highest BCUT2D eigenvalue weighted by molar-refractivity contribution is 7.27. The number of carboxylic acids is 1. The van der Waals surface area contributed by atoms with E-state index >= 15 is 0 Å². The van der Waals surface area contributed by atoms with Gasteiger partial charge in [0.15, 0.2) is 0 Å². The number of nitrogens with one attached hydrogen (secondary N) is 1. The number of thiophene rings is 1. The van der Waals surface area contributed by atoms with Gasteiger partial charge in [0.2, 0.25) is 0 Å². The molecule has 0 saturated carbocycles. The summed E-state index contributed by atoms with van der Waals surface area (Å²) in [6, 6.07) is 3.40. The third kappa shape index (κ3) is 2.36. The van der Waals surface area contributed by atoms with E-state index in [1.165, 1.54) is 11.3 Å². The lowest BCUT2D eigenvalue weighted by molar-refractivity contribution is 0.0699. The first-order valence-electron chi connectivity index (χ1n) is 5.54. The van der Waals surface area contributed by atoms with Crippen LogP contribution in [0.25, 0.3) is 11.1 Å². The van der Waals surface area contributed by atoms with Gasteiger partial charge in [0.1, 0.15) is 16.4 Å². The van der Waals surface area contributed by atoms with Crippen LogP contribution in [-0.4, -0.2) is 18.1 Å². The van der Waals surface area contributed by atoms with Crippen LogP contribution >= 0.6 is 20.6 Å². The maximum atomic E-state index is 14.3. The van der Waals surface area contributed by atoms with Crippen LogP contribution in [0.15, 0.2) is 17.5 Å². The molecule has 0 spiro atoms.